The molecule has 0 aromatic heterocycles. The molecule has 0 atom stereocenters. The van der Waals surface area contributed by atoms with Crippen molar-refractivity contribution >= 4 is 51.4 Å². The third kappa shape index (κ3) is 11.2. The van der Waals surface area contributed by atoms with Crippen molar-refractivity contribution in [1.82, 2.24) is 0 Å². The van der Waals surface area contributed by atoms with Crippen LogP contribution in [0.2, 0.25) is 0 Å². The molecule has 0 aromatic carbocycles. The molecular weight excluding hydrogens is 174 g/mol. The van der Waals surface area contributed by atoms with Crippen molar-refractivity contribution in [1.29, 1.82) is 0 Å². The van der Waals surface area contributed by atoms with Crippen LogP contribution in [0.15, 0.2) is 0 Å². The second kappa shape index (κ2) is 4.36. The summed E-state index contributed by atoms with van der Waals surface area (Å²) in [6.07, 6.45) is 0. The van der Waals surface area contributed by atoms with Gasteiger partial charge in [0.2, 0.25) is 0 Å². The molecule has 0 saturated heterocycles. The summed E-state index contributed by atoms with van der Waals surface area (Å²) in [5, 5.41) is 7.03. The molecule has 0 aliphatic heterocycles. The predicted octanol–water partition coefficient (Wildman–Crippen LogP) is -1.07. The van der Waals surface area contributed by atoms with Gasteiger partial charge in [-0.2, -0.15) is 0 Å². The zero-order valence-electron chi connectivity index (χ0n) is 2.46. The normalized spacial score (nSPS) is 9.86. The van der Waals surface area contributed by atoms with E-state index in [4.69, 9.17) is 16.8 Å². The fraction of sp³-hybridized carbons (Fsp3) is 0. The molecule has 0 radical (unpaired) electrons. The van der Waals surface area contributed by atoms with E-state index < -0.39 is 13.0 Å². The van der Waals surface area contributed by atoms with E-state index in [2.05, 4.69) is 3.97 Å². The van der Waals surface area contributed by atoms with Crippen molar-refractivity contribution in [3.05, 3.63) is 0 Å². The van der Waals surface area contributed by atoms with Gasteiger partial charge in [-0.15, -0.1) is 0 Å². The van der Waals surface area contributed by atoms with Gasteiger partial charge in [0.15, 0.2) is 0 Å². The zero-order chi connectivity index (χ0) is 5.21. The minimum atomic E-state index is -5.34. The molecule has 0 saturated carbocycles. The Hall–Kier alpha value is 1.48. The second-order valence-corrected chi connectivity index (χ2v) is 1.84. The van der Waals surface area contributed by atoms with Gasteiger partial charge in [-0.1, -0.05) is 0 Å². The Labute approximate surface area is 83.5 Å². The Morgan fingerprint density at radius 2 is 1.43 bits per heavy atom. The van der Waals surface area contributed by atoms with Crippen molar-refractivity contribution in [3.8, 4) is 0 Å². The molecule has 0 aliphatic carbocycles. The molecule has 0 aromatic rings. The van der Waals surface area contributed by atoms with Crippen molar-refractivity contribution < 1.29 is 33.7 Å². The summed E-state index contributed by atoms with van der Waals surface area (Å²) in [5.74, 6) is 0. The maximum atomic E-state index is 9.03. The number of hydrogen-bond acceptors (Lipinski definition) is 5. The monoisotopic (exact) mass is 176 g/mol. The SMILES string of the molecule is [KH].[O]=[Mn](=[O])(=[O])[O]O. The zero-order valence-corrected chi connectivity index (χ0v) is 3.64. The van der Waals surface area contributed by atoms with Crippen molar-refractivity contribution in [2.24, 2.45) is 0 Å². The van der Waals surface area contributed by atoms with Crippen LogP contribution in [-0.2, 0) is 28.4 Å². The first-order chi connectivity index (χ1) is 2.56. The van der Waals surface area contributed by atoms with E-state index in [-0.39, 0.29) is 51.4 Å². The van der Waals surface area contributed by atoms with Gasteiger partial charge >= 0.3 is 85.1 Å². The third-order valence-corrected chi connectivity index (χ3v) is 0.348. The van der Waals surface area contributed by atoms with Gasteiger partial charge in [0.05, 0.1) is 0 Å². The second-order valence-electron chi connectivity index (χ2n) is 0.447. The Morgan fingerprint density at radius 3 is 1.43 bits per heavy atom. The van der Waals surface area contributed by atoms with Gasteiger partial charge in [-0.3, -0.25) is 0 Å². The van der Waals surface area contributed by atoms with Crippen LogP contribution < -0.4 is 0 Å². The van der Waals surface area contributed by atoms with Crippen molar-refractivity contribution in [2.75, 3.05) is 0 Å². The van der Waals surface area contributed by atoms with Gasteiger partial charge in [-0.05, 0) is 0 Å². The summed E-state index contributed by atoms with van der Waals surface area (Å²) in [6, 6.07) is 0. The van der Waals surface area contributed by atoms with E-state index in [9.17, 15) is 0 Å². The fourth-order valence-corrected chi connectivity index (χ4v) is 0. The fourth-order valence-electron chi connectivity index (χ4n) is 0. The van der Waals surface area contributed by atoms with Gasteiger partial charge in [0.25, 0.3) is 0 Å². The van der Waals surface area contributed by atoms with Gasteiger partial charge in [-0.25, -0.2) is 0 Å². The van der Waals surface area contributed by atoms with E-state index in [1.165, 1.54) is 0 Å². The molecule has 1 N–H and O–H groups in total. The maximum absolute atomic E-state index is 9.03. The molecule has 0 aliphatic rings. The van der Waals surface area contributed by atoms with Crippen LogP contribution in [0.25, 0.3) is 0 Å². The van der Waals surface area contributed by atoms with Crippen LogP contribution in [0.1, 0.15) is 0 Å². The van der Waals surface area contributed by atoms with E-state index in [1.54, 1.807) is 0 Å². The van der Waals surface area contributed by atoms with Gasteiger partial charge in [0.1, 0.15) is 0 Å². The molecule has 0 spiro atoms. The van der Waals surface area contributed by atoms with Gasteiger partial charge in [0, 0.05) is 0 Å². The molecule has 0 unspecified atom stereocenters. The molecule has 5 nitrogen and oxygen atoms in total. The summed E-state index contributed by atoms with van der Waals surface area (Å²) < 4.78 is 29.5. The average molecular weight is 176 g/mol. The molecule has 7 heavy (non-hydrogen) atoms. The Kier molecular flexibility index (Phi) is 7.04. The van der Waals surface area contributed by atoms with Crippen molar-refractivity contribution in [3.63, 3.8) is 0 Å². The standard InChI is InChI=1S/K.Mn.H2O2.3O.H/c;;1-2;;;;/h;;1-2H;;;;/q;+1;;;;;/p-1. The van der Waals surface area contributed by atoms with Crippen LogP contribution in [0, 0.1) is 0 Å². The van der Waals surface area contributed by atoms with Crippen LogP contribution in [-0.4, -0.2) is 56.6 Å². The molecule has 0 bridgehead atoms. The predicted molar refractivity (Wildman–Crippen MR) is 12.9 cm³/mol. The molecule has 0 heterocycles. The molecule has 7 heteroatoms. The van der Waals surface area contributed by atoms with Crippen LogP contribution >= 0.6 is 0 Å². The van der Waals surface area contributed by atoms with Crippen LogP contribution in [0.3, 0.4) is 0 Å². The quantitative estimate of drug-likeness (QED) is 0.312. The van der Waals surface area contributed by atoms with E-state index in [1.807, 2.05) is 0 Å². The summed E-state index contributed by atoms with van der Waals surface area (Å²) >= 11 is -5.34. The van der Waals surface area contributed by atoms with E-state index >= 15 is 0 Å². The average Bonchev–Trinajstić information content (AvgIpc) is 1.35. The first kappa shape index (κ1) is 11.3. The molecule has 0 rings (SSSR count). The Bertz CT molecular complexity index is 141. The molecule has 0 amide bonds. The molecule has 40 valence electrons. The Balaban J connectivity index is 0. The Morgan fingerprint density at radius 1 is 1.29 bits per heavy atom. The van der Waals surface area contributed by atoms with E-state index in [0.29, 0.717) is 0 Å². The summed E-state index contributed by atoms with van der Waals surface area (Å²) in [6.45, 7) is 0. The van der Waals surface area contributed by atoms with Crippen LogP contribution in [0.4, 0.5) is 0 Å². The third-order valence-electron chi connectivity index (χ3n) is 0.0845. The van der Waals surface area contributed by atoms with E-state index in [0.717, 1.165) is 0 Å². The number of hydrogen-bond donors (Lipinski definition) is 1. The summed E-state index contributed by atoms with van der Waals surface area (Å²) in [7, 11) is 0. The summed E-state index contributed by atoms with van der Waals surface area (Å²) in [5.41, 5.74) is 0. The first-order valence-electron chi connectivity index (χ1n) is 0.800. The summed E-state index contributed by atoms with van der Waals surface area (Å²) in [4.78, 5) is 0. The number of rotatable bonds is 1. The minimum absolute atomic E-state index is 0. The van der Waals surface area contributed by atoms with Crippen LogP contribution in [0.5, 0.6) is 0 Å². The molecular formula is H2KMnO5. The van der Waals surface area contributed by atoms with Crippen molar-refractivity contribution in [2.45, 2.75) is 0 Å². The molecule has 0 fully saturated rings. The topological polar surface area (TPSA) is 80.7 Å². The first-order valence-corrected chi connectivity index (χ1v) is 2.73. The van der Waals surface area contributed by atoms with Gasteiger partial charge < -0.3 is 0 Å².